The molecule has 0 unspecified atom stereocenters. The molecule has 3 rings (SSSR count). The second-order valence-corrected chi connectivity index (χ2v) is 7.95. The largest absolute Gasteiger partial charge is 0.490 e. The number of carbonyl (C=O) groups is 2. The van der Waals surface area contributed by atoms with Gasteiger partial charge < -0.3 is 19.3 Å². The van der Waals surface area contributed by atoms with Crippen LogP contribution in [0, 0.1) is 0 Å². The Morgan fingerprint density at radius 3 is 2.41 bits per heavy atom. The quantitative estimate of drug-likeness (QED) is 0.745. The molecule has 6 nitrogen and oxygen atoms in total. The lowest BCUT2D eigenvalue weighted by Crippen LogP contribution is -2.38. The van der Waals surface area contributed by atoms with Crippen LogP contribution in [0.2, 0.25) is 0 Å². The molecule has 0 bridgehead atoms. The summed E-state index contributed by atoms with van der Waals surface area (Å²) in [6, 6.07) is 5.22. The van der Waals surface area contributed by atoms with Crippen LogP contribution in [-0.4, -0.2) is 72.5 Å². The molecule has 2 aliphatic rings. The Balaban J connectivity index is 1.65. The molecule has 0 atom stereocenters. The van der Waals surface area contributed by atoms with Gasteiger partial charge in [0.25, 0.3) is 11.8 Å². The molecular weight excluding hydrogens is 364 g/mol. The fourth-order valence-electron chi connectivity index (χ4n) is 3.35. The van der Waals surface area contributed by atoms with E-state index in [9.17, 15) is 9.59 Å². The Kier molecular flexibility index (Phi) is 7.26. The molecule has 0 saturated carbocycles. The molecule has 1 aromatic rings. The van der Waals surface area contributed by atoms with E-state index in [1.54, 1.807) is 18.2 Å². The first-order chi connectivity index (χ1) is 13.2. The van der Waals surface area contributed by atoms with Gasteiger partial charge in [-0.3, -0.25) is 9.59 Å². The number of rotatable bonds is 6. The van der Waals surface area contributed by atoms with Crippen molar-refractivity contribution in [3.63, 3.8) is 0 Å². The van der Waals surface area contributed by atoms with Crippen LogP contribution in [0.5, 0.6) is 11.5 Å². The standard InChI is InChI=1S/C20H28N2O4S/c1-2-25-18-14-16(20(24)22-10-12-27-13-11-22)6-7-17(18)26-15-19(23)21-8-4-3-5-9-21/h6-7,14H,2-5,8-13,15H2,1H3. The fraction of sp³-hybridized carbons (Fsp3) is 0.600. The lowest BCUT2D eigenvalue weighted by Gasteiger charge is -2.27. The number of nitrogens with zero attached hydrogens (tertiary/aromatic N) is 2. The van der Waals surface area contributed by atoms with E-state index < -0.39 is 0 Å². The minimum atomic E-state index is -0.00326. The predicted molar refractivity (Wildman–Crippen MR) is 107 cm³/mol. The molecule has 27 heavy (non-hydrogen) atoms. The maximum atomic E-state index is 12.7. The smallest absolute Gasteiger partial charge is 0.260 e. The van der Waals surface area contributed by atoms with Crippen molar-refractivity contribution in [1.82, 2.24) is 9.80 Å². The van der Waals surface area contributed by atoms with Crippen molar-refractivity contribution in [2.45, 2.75) is 26.2 Å². The summed E-state index contributed by atoms with van der Waals surface area (Å²) in [5, 5.41) is 0. The number of benzene rings is 1. The highest BCUT2D eigenvalue weighted by molar-refractivity contribution is 7.99. The van der Waals surface area contributed by atoms with Gasteiger partial charge in [-0.15, -0.1) is 0 Å². The third-order valence-electron chi connectivity index (χ3n) is 4.85. The van der Waals surface area contributed by atoms with E-state index in [1.165, 1.54) is 6.42 Å². The molecule has 0 radical (unpaired) electrons. The van der Waals surface area contributed by atoms with E-state index in [1.807, 2.05) is 28.5 Å². The van der Waals surface area contributed by atoms with Crippen molar-refractivity contribution < 1.29 is 19.1 Å². The van der Waals surface area contributed by atoms with Crippen LogP contribution in [0.1, 0.15) is 36.5 Å². The van der Waals surface area contributed by atoms with Crippen LogP contribution in [0.15, 0.2) is 18.2 Å². The first-order valence-electron chi connectivity index (χ1n) is 9.73. The summed E-state index contributed by atoms with van der Waals surface area (Å²) in [6.07, 6.45) is 3.30. The number of amides is 2. The number of likely N-dealkylation sites (tertiary alicyclic amines) is 1. The number of piperidine rings is 1. The molecular formula is C20H28N2O4S. The molecule has 7 heteroatoms. The SMILES string of the molecule is CCOc1cc(C(=O)N2CCSCC2)ccc1OCC(=O)N1CCCCC1. The number of hydrogen-bond donors (Lipinski definition) is 0. The van der Waals surface area contributed by atoms with E-state index in [0.29, 0.717) is 23.7 Å². The summed E-state index contributed by atoms with van der Waals surface area (Å²) in [5.74, 6) is 3.00. The van der Waals surface area contributed by atoms with E-state index in [4.69, 9.17) is 9.47 Å². The van der Waals surface area contributed by atoms with Crippen molar-refractivity contribution >= 4 is 23.6 Å². The van der Waals surface area contributed by atoms with Crippen molar-refractivity contribution in [2.24, 2.45) is 0 Å². The van der Waals surface area contributed by atoms with Gasteiger partial charge in [0.15, 0.2) is 18.1 Å². The predicted octanol–water partition coefficient (Wildman–Crippen LogP) is 2.67. The van der Waals surface area contributed by atoms with Gasteiger partial charge in [-0.1, -0.05) is 0 Å². The zero-order valence-corrected chi connectivity index (χ0v) is 16.8. The molecule has 2 fully saturated rings. The maximum Gasteiger partial charge on any atom is 0.260 e. The van der Waals surface area contributed by atoms with Gasteiger partial charge >= 0.3 is 0 Å². The first kappa shape index (κ1) is 19.9. The average molecular weight is 393 g/mol. The summed E-state index contributed by atoms with van der Waals surface area (Å²) < 4.78 is 11.4. The van der Waals surface area contributed by atoms with Crippen LogP contribution in [0.25, 0.3) is 0 Å². The van der Waals surface area contributed by atoms with Crippen LogP contribution < -0.4 is 9.47 Å². The number of carbonyl (C=O) groups excluding carboxylic acids is 2. The van der Waals surface area contributed by atoms with E-state index in [-0.39, 0.29) is 18.4 Å². The molecule has 2 aliphatic heterocycles. The topological polar surface area (TPSA) is 59.1 Å². The van der Waals surface area contributed by atoms with Crippen molar-refractivity contribution in [3.8, 4) is 11.5 Å². The number of hydrogen-bond acceptors (Lipinski definition) is 5. The maximum absolute atomic E-state index is 12.7. The highest BCUT2D eigenvalue weighted by Crippen LogP contribution is 2.29. The minimum Gasteiger partial charge on any atom is -0.490 e. The second-order valence-electron chi connectivity index (χ2n) is 6.73. The third-order valence-corrected chi connectivity index (χ3v) is 5.79. The molecule has 1 aromatic carbocycles. The summed E-state index contributed by atoms with van der Waals surface area (Å²) in [6.45, 7) is 5.51. The molecule has 0 aliphatic carbocycles. The van der Waals surface area contributed by atoms with Gasteiger partial charge in [-0.2, -0.15) is 11.8 Å². The Morgan fingerprint density at radius 2 is 1.70 bits per heavy atom. The molecule has 2 saturated heterocycles. The molecule has 2 amide bonds. The summed E-state index contributed by atoms with van der Waals surface area (Å²) in [5.41, 5.74) is 0.597. The van der Waals surface area contributed by atoms with Crippen molar-refractivity contribution in [3.05, 3.63) is 23.8 Å². The Labute approximate surface area is 165 Å². The van der Waals surface area contributed by atoms with E-state index in [0.717, 1.165) is 50.5 Å². The highest BCUT2D eigenvalue weighted by Gasteiger charge is 2.21. The van der Waals surface area contributed by atoms with Crippen molar-refractivity contribution in [1.29, 1.82) is 0 Å². The van der Waals surface area contributed by atoms with Crippen LogP contribution in [-0.2, 0) is 4.79 Å². The Morgan fingerprint density at radius 1 is 0.963 bits per heavy atom. The van der Waals surface area contributed by atoms with E-state index >= 15 is 0 Å². The molecule has 2 heterocycles. The summed E-state index contributed by atoms with van der Waals surface area (Å²) in [4.78, 5) is 28.8. The van der Waals surface area contributed by atoms with E-state index in [2.05, 4.69) is 0 Å². The lowest BCUT2D eigenvalue weighted by atomic mass is 10.1. The van der Waals surface area contributed by atoms with Crippen LogP contribution in [0.3, 0.4) is 0 Å². The Bertz CT molecular complexity index is 655. The number of ether oxygens (including phenoxy) is 2. The third kappa shape index (κ3) is 5.31. The average Bonchev–Trinajstić information content (AvgIpc) is 2.73. The highest BCUT2D eigenvalue weighted by atomic mass is 32.2. The van der Waals surface area contributed by atoms with Gasteiger partial charge in [0.1, 0.15) is 0 Å². The molecule has 0 N–H and O–H groups in total. The molecule has 148 valence electrons. The van der Waals surface area contributed by atoms with Gasteiger partial charge in [-0.25, -0.2) is 0 Å². The monoisotopic (exact) mass is 392 g/mol. The molecule has 0 aromatic heterocycles. The van der Waals surface area contributed by atoms with Gasteiger partial charge in [0.2, 0.25) is 0 Å². The van der Waals surface area contributed by atoms with Gasteiger partial charge in [0.05, 0.1) is 6.61 Å². The fourth-order valence-corrected chi connectivity index (χ4v) is 4.25. The summed E-state index contributed by atoms with van der Waals surface area (Å²) >= 11 is 1.87. The summed E-state index contributed by atoms with van der Waals surface area (Å²) in [7, 11) is 0. The zero-order chi connectivity index (χ0) is 19.1. The lowest BCUT2D eigenvalue weighted by molar-refractivity contribution is -0.134. The first-order valence-corrected chi connectivity index (χ1v) is 10.9. The zero-order valence-electron chi connectivity index (χ0n) is 15.9. The number of thioether (sulfide) groups is 1. The molecule has 0 spiro atoms. The normalized spacial score (nSPS) is 17.5. The van der Waals surface area contributed by atoms with Gasteiger partial charge in [0, 0.05) is 43.2 Å². The van der Waals surface area contributed by atoms with Crippen LogP contribution in [0.4, 0.5) is 0 Å². The Hall–Kier alpha value is -1.89. The van der Waals surface area contributed by atoms with Crippen molar-refractivity contribution in [2.75, 3.05) is 50.9 Å². The minimum absolute atomic E-state index is 0.00289. The van der Waals surface area contributed by atoms with Gasteiger partial charge in [-0.05, 0) is 44.4 Å². The second kappa shape index (κ2) is 9.88. The van der Waals surface area contributed by atoms with Crippen LogP contribution >= 0.6 is 11.8 Å².